The van der Waals surface area contributed by atoms with Crippen LogP contribution in [0, 0.1) is 0 Å². The summed E-state index contributed by atoms with van der Waals surface area (Å²) < 4.78 is 5.43. The predicted molar refractivity (Wildman–Crippen MR) is 65.7 cm³/mol. The van der Waals surface area contributed by atoms with Gasteiger partial charge in [0.2, 0.25) is 0 Å². The fraction of sp³-hybridized carbons (Fsp3) is 1.00. The second-order valence-corrected chi connectivity index (χ2v) is 8.97. The molecule has 82 valence electrons. The number of hydrogen-bond acceptors (Lipinski definition) is 1. The van der Waals surface area contributed by atoms with Gasteiger partial charge in [-0.3, -0.25) is 0 Å². The Morgan fingerprint density at radius 2 is 1.23 bits per heavy atom. The van der Waals surface area contributed by atoms with Crippen LogP contribution < -0.4 is 0 Å². The molecule has 0 amide bonds. The van der Waals surface area contributed by atoms with E-state index in [1.54, 1.807) is 0 Å². The molecule has 0 aromatic carbocycles. The zero-order valence-corrected chi connectivity index (χ0v) is 10.9. The van der Waals surface area contributed by atoms with E-state index in [0.717, 1.165) is 6.35 Å². The van der Waals surface area contributed by atoms with Gasteiger partial charge in [-0.15, -0.1) is 0 Å². The Morgan fingerprint density at radius 1 is 0.846 bits per heavy atom. The molecule has 0 saturated heterocycles. The van der Waals surface area contributed by atoms with Crippen molar-refractivity contribution < 1.29 is 4.74 Å². The van der Waals surface area contributed by atoms with Crippen LogP contribution in [0.1, 0.15) is 40.0 Å². The Labute approximate surface area is 84.6 Å². The third-order valence-electron chi connectivity index (χ3n) is 2.79. The molecule has 0 aliphatic heterocycles. The second kappa shape index (κ2) is 7.76. The van der Waals surface area contributed by atoms with Crippen molar-refractivity contribution in [2.75, 3.05) is 31.9 Å². The molecule has 0 atom stereocenters. The molecule has 0 spiro atoms. The first kappa shape index (κ1) is 13.4. The van der Waals surface area contributed by atoms with E-state index < -0.39 is 7.26 Å². The van der Waals surface area contributed by atoms with Crippen LogP contribution >= 0.6 is 7.26 Å². The Bertz CT molecular complexity index is 85.1. The first-order valence-corrected chi connectivity index (χ1v) is 8.56. The van der Waals surface area contributed by atoms with Gasteiger partial charge in [-0.05, 0) is 0 Å². The molecule has 0 fully saturated rings. The summed E-state index contributed by atoms with van der Waals surface area (Å²) in [6.45, 7) is 6.92. The molecule has 13 heavy (non-hydrogen) atoms. The van der Waals surface area contributed by atoms with E-state index in [0.29, 0.717) is 0 Å². The van der Waals surface area contributed by atoms with E-state index in [2.05, 4.69) is 20.8 Å². The molecule has 0 radical (unpaired) electrons. The molecule has 0 aromatic heterocycles. The molecule has 0 unspecified atom stereocenters. The Hall–Kier alpha value is 0.390. The van der Waals surface area contributed by atoms with Crippen molar-refractivity contribution in [3.8, 4) is 0 Å². The Kier molecular flexibility index (Phi) is 8.00. The minimum atomic E-state index is -1.02. The molecule has 0 rings (SSSR count). The van der Waals surface area contributed by atoms with Gasteiger partial charge in [0, 0.05) is 0 Å². The SMILES string of the molecule is CCC[PH](CCC)(CCC)COC. The van der Waals surface area contributed by atoms with Crippen molar-refractivity contribution in [2.45, 2.75) is 40.0 Å². The zero-order chi connectivity index (χ0) is 10.2. The van der Waals surface area contributed by atoms with E-state index >= 15 is 0 Å². The van der Waals surface area contributed by atoms with Gasteiger partial charge in [-0.2, -0.15) is 0 Å². The van der Waals surface area contributed by atoms with Crippen molar-refractivity contribution in [2.24, 2.45) is 0 Å². The molecule has 0 bridgehead atoms. The van der Waals surface area contributed by atoms with Gasteiger partial charge in [0.1, 0.15) is 0 Å². The summed E-state index contributed by atoms with van der Waals surface area (Å²) >= 11 is 0. The van der Waals surface area contributed by atoms with Gasteiger partial charge in [0.25, 0.3) is 0 Å². The van der Waals surface area contributed by atoms with Gasteiger partial charge >= 0.3 is 84.0 Å². The van der Waals surface area contributed by atoms with Crippen LogP contribution in [0.3, 0.4) is 0 Å². The fourth-order valence-corrected chi connectivity index (χ4v) is 7.47. The molecule has 0 heterocycles. The summed E-state index contributed by atoms with van der Waals surface area (Å²) in [5, 5.41) is 0. The topological polar surface area (TPSA) is 9.23 Å². The van der Waals surface area contributed by atoms with Gasteiger partial charge < -0.3 is 0 Å². The maximum atomic E-state index is 5.43. The van der Waals surface area contributed by atoms with Crippen molar-refractivity contribution in [1.82, 2.24) is 0 Å². The van der Waals surface area contributed by atoms with Crippen LogP contribution in [0.25, 0.3) is 0 Å². The third-order valence-corrected chi connectivity index (χ3v) is 8.37. The monoisotopic (exact) mass is 206 g/mol. The van der Waals surface area contributed by atoms with Crippen molar-refractivity contribution in [1.29, 1.82) is 0 Å². The van der Waals surface area contributed by atoms with Crippen molar-refractivity contribution >= 4 is 7.26 Å². The Morgan fingerprint density at radius 3 is 1.46 bits per heavy atom. The van der Waals surface area contributed by atoms with Crippen LogP contribution in [0.4, 0.5) is 0 Å². The first-order chi connectivity index (χ1) is 6.24. The van der Waals surface area contributed by atoms with E-state index in [1.165, 1.54) is 37.7 Å². The Balaban J connectivity index is 4.19. The molecular formula is C11H27OP. The zero-order valence-electron chi connectivity index (χ0n) is 9.86. The van der Waals surface area contributed by atoms with Crippen molar-refractivity contribution in [3.05, 3.63) is 0 Å². The normalized spacial score (nSPS) is 13.2. The summed E-state index contributed by atoms with van der Waals surface area (Å²) in [5.74, 6) is 0. The van der Waals surface area contributed by atoms with Crippen LogP contribution in [0.2, 0.25) is 0 Å². The van der Waals surface area contributed by atoms with Crippen LogP contribution in [-0.2, 0) is 4.74 Å². The molecule has 1 nitrogen and oxygen atoms in total. The predicted octanol–water partition coefficient (Wildman–Crippen LogP) is 3.57. The molecule has 2 heteroatoms. The van der Waals surface area contributed by atoms with E-state index in [1.807, 2.05) is 7.11 Å². The number of rotatable bonds is 8. The van der Waals surface area contributed by atoms with Crippen LogP contribution in [0.15, 0.2) is 0 Å². The summed E-state index contributed by atoms with van der Waals surface area (Å²) in [6.07, 6.45) is 9.50. The van der Waals surface area contributed by atoms with Gasteiger partial charge in [-0.1, -0.05) is 0 Å². The molecule has 0 aromatic rings. The number of methoxy groups -OCH3 is 1. The number of ether oxygens (including phenoxy) is 1. The molecule has 0 saturated carbocycles. The van der Waals surface area contributed by atoms with E-state index in [9.17, 15) is 0 Å². The van der Waals surface area contributed by atoms with Gasteiger partial charge in [0.05, 0.1) is 0 Å². The minimum absolute atomic E-state index is 1.02. The van der Waals surface area contributed by atoms with E-state index in [4.69, 9.17) is 4.74 Å². The van der Waals surface area contributed by atoms with Crippen molar-refractivity contribution in [3.63, 3.8) is 0 Å². The average molecular weight is 206 g/mol. The average Bonchev–Trinajstić information content (AvgIpc) is 2.06. The molecular weight excluding hydrogens is 179 g/mol. The van der Waals surface area contributed by atoms with Crippen LogP contribution in [-0.4, -0.2) is 31.9 Å². The molecule has 0 aliphatic carbocycles. The second-order valence-electron chi connectivity index (χ2n) is 4.18. The summed E-state index contributed by atoms with van der Waals surface area (Å²) in [4.78, 5) is 0. The quantitative estimate of drug-likeness (QED) is 0.552. The van der Waals surface area contributed by atoms with Crippen LogP contribution in [0.5, 0.6) is 0 Å². The summed E-state index contributed by atoms with van der Waals surface area (Å²) in [7, 11) is 0.846. The fourth-order valence-electron chi connectivity index (χ4n) is 2.49. The maximum absolute atomic E-state index is 5.43. The number of hydrogen-bond donors (Lipinski definition) is 0. The first-order valence-electron chi connectivity index (χ1n) is 5.73. The molecule has 0 N–H and O–H groups in total. The van der Waals surface area contributed by atoms with Gasteiger partial charge in [0.15, 0.2) is 0 Å². The van der Waals surface area contributed by atoms with Gasteiger partial charge in [-0.25, -0.2) is 0 Å². The third kappa shape index (κ3) is 4.98. The molecule has 0 aliphatic rings. The van der Waals surface area contributed by atoms with E-state index in [-0.39, 0.29) is 0 Å². The summed E-state index contributed by atoms with van der Waals surface area (Å²) in [5.41, 5.74) is 0. The summed E-state index contributed by atoms with van der Waals surface area (Å²) in [6, 6.07) is 0. The standard InChI is InChI=1S/C11H27OP/c1-5-8-13(9-6-2,10-7-3)11-12-4/h13H,5-11H2,1-4H3.